The van der Waals surface area contributed by atoms with E-state index in [0.29, 0.717) is 29.9 Å². The van der Waals surface area contributed by atoms with E-state index in [1.54, 1.807) is 30.3 Å². The number of carbonyl (C=O) groups is 2. The summed E-state index contributed by atoms with van der Waals surface area (Å²) in [7, 11) is 0. The van der Waals surface area contributed by atoms with Crippen molar-refractivity contribution in [1.29, 1.82) is 0 Å². The minimum atomic E-state index is -0.484. The van der Waals surface area contributed by atoms with Gasteiger partial charge in [-0.15, -0.1) is 0 Å². The lowest BCUT2D eigenvalue weighted by molar-refractivity contribution is -0.117. The van der Waals surface area contributed by atoms with Crippen LogP contribution in [0.5, 0.6) is 11.5 Å². The molecule has 0 saturated heterocycles. The van der Waals surface area contributed by atoms with Crippen LogP contribution in [0.15, 0.2) is 54.2 Å². The fraction of sp³-hybridized carbons (Fsp3) is 0.360. The van der Waals surface area contributed by atoms with Gasteiger partial charge in [0.25, 0.3) is 11.8 Å². The Kier molecular flexibility index (Phi) is 8.27. The summed E-state index contributed by atoms with van der Waals surface area (Å²) in [5, 5.41) is 14.3. The number of amides is 2. The number of hydrogen-bond donors (Lipinski definition) is 3. The second-order valence-corrected chi connectivity index (χ2v) is 8.11. The molecule has 0 heterocycles. The molecule has 1 fully saturated rings. The average molecular weight is 439 g/mol. The van der Waals surface area contributed by atoms with Crippen LogP contribution in [-0.2, 0) is 4.79 Å². The van der Waals surface area contributed by atoms with Crippen molar-refractivity contribution in [1.82, 2.24) is 10.6 Å². The Hall–Kier alpha value is -3.32. The molecule has 170 valence electrons. The van der Waals surface area contributed by atoms with Gasteiger partial charge < -0.3 is 25.2 Å². The summed E-state index contributed by atoms with van der Waals surface area (Å²) in [5.74, 6) is 0.958. The van der Waals surface area contributed by atoms with Gasteiger partial charge in [-0.05, 0) is 66.8 Å². The molecule has 0 aliphatic heterocycles. The molecule has 0 unspecified atom stereocenters. The number of benzene rings is 2. The summed E-state index contributed by atoms with van der Waals surface area (Å²) in [6, 6.07) is 14.1. The number of aliphatic hydroxyl groups excluding tert-OH is 1. The van der Waals surface area contributed by atoms with E-state index in [4.69, 9.17) is 14.6 Å². The smallest absolute Gasteiger partial charge is 0.267 e. The molecule has 7 heteroatoms. The molecule has 32 heavy (non-hydrogen) atoms. The summed E-state index contributed by atoms with van der Waals surface area (Å²) in [6.07, 6.45) is 4.05. The summed E-state index contributed by atoms with van der Waals surface area (Å²) in [5.41, 5.74) is 1.22. The lowest BCUT2D eigenvalue weighted by Crippen LogP contribution is -2.36. The summed E-state index contributed by atoms with van der Waals surface area (Å²) < 4.78 is 11.4. The lowest BCUT2D eigenvalue weighted by atomic mass is 10.1. The number of hydrogen-bond acceptors (Lipinski definition) is 5. The third-order valence-electron chi connectivity index (χ3n) is 4.61. The van der Waals surface area contributed by atoms with Crippen molar-refractivity contribution in [2.75, 3.05) is 19.8 Å². The Morgan fingerprint density at radius 2 is 1.72 bits per heavy atom. The van der Waals surface area contributed by atoms with Crippen LogP contribution < -0.4 is 20.1 Å². The topological polar surface area (TPSA) is 96.9 Å². The van der Waals surface area contributed by atoms with Gasteiger partial charge in [0.2, 0.25) is 0 Å². The molecule has 3 rings (SSSR count). The van der Waals surface area contributed by atoms with Crippen LogP contribution in [-0.4, -0.2) is 42.8 Å². The maximum absolute atomic E-state index is 12.7. The molecule has 7 nitrogen and oxygen atoms in total. The van der Waals surface area contributed by atoms with Gasteiger partial charge in [0.05, 0.1) is 19.3 Å². The summed E-state index contributed by atoms with van der Waals surface area (Å²) in [4.78, 5) is 25.3. The lowest BCUT2D eigenvalue weighted by Gasteiger charge is -2.12. The van der Waals surface area contributed by atoms with E-state index >= 15 is 0 Å². The molecule has 0 radical (unpaired) electrons. The predicted octanol–water partition coefficient (Wildman–Crippen LogP) is 3.14. The molecule has 2 aromatic rings. The molecule has 2 amide bonds. The highest BCUT2D eigenvalue weighted by atomic mass is 16.5. The molecule has 3 N–H and O–H groups in total. The number of ether oxygens (including phenoxy) is 2. The van der Waals surface area contributed by atoms with Gasteiger partial charge in [-0.1, -0.05) is 26.0 Å². The van der Waals surface area contributed by atoms with Crippen LogP contribution in [0.1, 0.15) is 42.6 Å². The van der Waals surface area contributed by atoms with Crippen LogP contribution in [0, 0.1) is 5.92 Å². The van der Waals surface area contributed by atoms with Gasteiger partial charge in [0, 0.05) is 12.1 Å². The molecule has 0 aromatic heterocycles. The predicted molar refractivity (Wildman–Crippen MR) is 122 cm³/mol. The number of aliphatic hydroxyl groups is 1. The Morgan fingerprint density at radius 1 is 1.06 bits per heavy atom. The van der Waals surface area contributed by atoms with Crippen molar-refractivity contribution in [3.63, 3.8) is 0 Å². The molecule has 1 aliphatic carbocycles. The van der Waals surface area contributed by atoms with E-state index in [2.05, 4.69) is 24.5 Å². The first-order valence-corrected chi connectivity index (χ1v) is 10.9. The van der Waals surface area contributed by atoms with Gasteiger partial charge in [-0.25, -0.2) is 0 Å². The van der Waals surface area contributed by atoms with E-state index in [-0.39, 0.29) is 18.8 Å². The zero-order valence-electron chi connectivity index (χ0n) is 18.5. The van der Waals surface area contributed by atoms with Crippen molar-refractivity contribution in [3.8, 4) is 11.5 Å². The fourth-order valence-corrected chi connectivity index (χ4v) is 2.77. The number of carbonyl (C=O) groups excluding carboxylic acids is 2. The van der Waals surface area contributed by atoms with Crippen LogP contribution in [0.2, 0.25) is 0 Å². The highest BCUT2D eigenvalue weighted by molar-refractivity contribution is 6.05. The minimum Gasteiger partial charge on any atom is -0.493 e. The Morgan fingerprint density at radius 3 is 2.31 bits per heavy atom. The first-order chi connectivity index (χ1) is 15.4. The highest BCUT2D eigenvalue weighted by Gasteiger charge is 2.23. The van der Waals surface area contributed by atoms with E-state index in [1.165, 1.54) is 0 Å². The quantitative estimate of drug-likeness (QED) is 0.469. The number of rotatable bonds is 11. The SMILES string of the molecule is CC(C)COc1ccc(C(=O)NC(=Cc2ccc(OC3CC3)cc2)C(=O)NCCO)cc1. The van der Waals surface area contributed by atoms with Crippen molar-refractivity contribution in [2.24, 2.45) is 5.92 Å². The van der Waals surface area contributed by atoms with Crippen molar-refractivity contribution < 1.29 is 24.2 Å². The van der Waals surface area contributed by atoms with E-state index in [9.17, 15) is 9.59 Å². The Labute approximate surface area is 188 Å². The summed E-state index contributed by atoms with van der Waals surface area (Å²) >= 11 is 0. The molecule has 0 bridgehead atoms. The molecule has 1 aliphatic rings. The fourth-order valence-electron chi connectivity index (χ4n) is 2.77. The molecule has 0 atom stereocenters. The van der Waals surface area contributed by atoms with Crippen molar-refractivity contribution in [2.45, 2.75) is 32.8 Å². The van der Waals surface area contributed by atoms with Gasteiger partial charge in [-0.3, -0.25) is 9.59 Å². The second-order valence-electron chi connectivity index (χ2n) is 8.11. The van der Waals surface area contributed by atoms with Crippen LogP contribution in [0.3, 0.4) is 0 Å². The normalized spacial score (nSPS) is 13.6. The average Bonchev–Trinajstić information content (AvgIpc) is 3.61. The molecule has 2 aromatic carbocycles. The highest BCUT2D eigenvalue weighted by Crippen LogP contribution is 2.27. The maximum Gasteiger partial charge on any atom is 0.267 e. The maximum atomic E-state index is 12.7. The second kappa shape index (κ2) is 11.3. The Balaban J connectivity index is 1.71. The number of nitrogens with one attached hydrogen (secondary N) is 2. The third kappa shape index (κ3) is 7.42. The minimum absolute atomic E-state index is 0.0828. The van der Waals surface area contributed by atoms with E-state index in [0.717, 1.165) is 24.2 Å². The largest absolute Gasteiger partial charge is 0.493 e. The zero-order chi connectivity index (χ0) is 22.9. The standard InChI is InChI=1S/C25H30N2O5/c1-17(2)16-31-20-9-5-19(6-10-20)24(29)27-23(25(30)26-13-14-28)15-18-3-7-21(8-4-18)32-22-11-12-22/h3-10,15,17,22,28H,11-14,16H2,1-2H3,(H,26,30)(H,27,29). The molecular formula is C25H30N2O5. The monoisotopic (exact) mass is 438 g/mol. The first kappa shape index (κ1) is 23.3. The van der Waals surface area contributed by atoms with E-state index < -0.39 is 11.8 Å². The first-order valence-electron chi connectivity index (χ1n) is 10.9. The van der Waals surface area contributed by atoms with Gasteiger partial charge in [0.15, 0.2) is 0 Å². The van der Waals surface area contributed by atoms with Gasteiger partial charge >= 0.3 is 0 Å². The third-order valence-corrected chi connectivity index (χ3v) is 4.61. The van der Waals surface area contributed by atoms with Crippen molar-refractivity contribution in [3.05, 3.63) is 65.4 Å². The van der Waals surface area contributed by atoms with Gasteiger partial charge in [0.1, 0.15) is 17.2 Å². The van der Waals surface area contributed by atoms with E-state index in [1.807, 2.05) is 24.3 Å². The van der Waals surface area contributed by atoms with Gasteiger partial charge in [-0.2, -0.15) is 0 Å². The van der Waals surface area contributed by atoms with Crippen LogP contribution in [0.4, 0.5) is 0 Å². The molecule has 0 spiro atoms. The van der Waals surface area contributed by atoms with Crippen molar-refractivity contribution >= 4 is 17.9 Å². The van der Waals surface area contributed by atoms with Crippen LogP contribution >= 0.6 is 0 Å². The molecule has 1 saturated carbocycles. The zero-order valence-corrected chi connectivity index (χ0v) is 18.5. The Bertz CT molecular complexity index is 932. The summed E-state index contributed by atoms with van der Waals surface area (Å²) in [6.45, 7) is 4.60. The molecular weight excluding hydrogens is 408 g/mol. The van der Waals surface area contributed by atoms with Crippen LogP contribution in [0.25, 0.3) is 6.08 Å².